The van der Waals surface area contributed by atoms with Gasteiger partial charge in [-0.1, -0.05) is 17.7 Å². The fraction of sp³-hybridized carbons (Fsp3) is 0.200. The number of phenols is 1. The molecule has 2 N–H and O–H groups in total. The molecule has 2 aromatic carbocycles. The molecule has 0 saturated carbocycles. The van der Waals surface area contributed by atoms with Crippen LogP contribution in [-0.2, 0) is 0 Å². The van der Waals surface area contributed by atoms with Gasteiger partial charge >= 0.3 is 0 Å². The zero-order valence-corrected chi connectivity index (χ0v) is 10.7. The summed E-state index contributed by atoms with van der Waals surface area (Å²) in [6.07, 6.45) is 0. The van der Waals surface area contributed by atoms with Gasteiger partial charge in [0.2, 0.25) is 0 Å². The van der Waals surface area contributed by atoms with Crippen LogP contribution in [0.5, 0.6) is 5.75 Å². The van der Waals surface area contributed by atoms with Gasteiger partial charge < -0.3 is 10.4 Å². The lowest BCUT2D eigenvalue weighted by Crippen LogP contribution is -2.07. The van der Waals surface area contributed by atoms with Crippen molar-refractivity contribution in [2.75, 3.05) is 5.32 Å². The Hall–Kier alpha value is -2.10. The summed E-state index contributed by atoms with van der Waals surface area (Å²) < 4.78 is 26.2. The summed E-state index contributed by atoms with van der Waals surface area (Å²) in [5, 5.41) is 12.8. The molecule has 0 amide bonds. The Labute approximate surface area is 110 Å². The van der Waals surface area contributed by atoms with Crippen molar-refractivity contribution in [3.63, 3.8) is 0 Å². The molecule has 0 aliphatic carbocycles. The van der Waals surface area contributed by atoms with Gasteiger partial charge in [0.15, 0.2) is 0 Å². The lowest BCUT2D eigenvalue weighted by Gasteiger charge is -2.17. The first kappa shape index (κ1) is 13.3. The Morgan fingerprint density at radius 3 is 2.32 bits per heavy atom. The number of nitrogens with one attached hydrogen (secondary N) is 1. The van der Waals surface area contributed by atoms with E-state index in [1.54, 1.807) is 12.1 Å². The maximum Gasteiger partial charge on any atom is 0.128 e. The van der Waals surface area contributed by atoms with E-state index in [2.05, 4.69) is 5.32 Å². The van der Waals surface area contributed by atoms with Crippen LogP contribution in [0, 0.1) is 18.6 Å². The second-order valence-electron chi connectivity index (χ2n) is 4.59. The van der Waals surface area contributed by atoms with Crippen LogP contribution in [0.4, 0.5) is 14.5 Å². The quantitative estimate of drug-likeness (QED) is 0.871. The smallest absolute Gasteiger partial charge is 0.128 e. The van der Waals surface area contributed by atoms with E-state index in [0.29, 0.717) is 11.3 Å². The van der Waals surface area contributed by atoms with Crippen molar-refractivity contribution in [1.82, 2.24) is 0 Å². The molecule has 100 valence electrons. The lowest BCUT2D eigenvalue weighted by atomic mass is 10.0. The highest BCUT2D eigenvalue weighted by molar-refractivity contribution is 5.48. The molecule has 0 heterocycles. The number of anilines is 1. The molecule has 2 nitrogen and oxygen atoms in total. The topological polar surface area (TPSA) is 32.3 Å². The van der Waals surface area contributed by atoms with Crippen molar-refractivity contribution in [3.05, 3.63) is 59.2 Å². The van der Waals surface area contributed by atoms with Crippen LogP contribution in [0.15, 0.2) is 36.4 Å². The van der Waals surface area contributed by atoms with Crippen LogP contribution in [0.3, 0.4) is 0 Å². The van der Waals surface area contributed by atoms with Gasteiger partial charge in [-0.2, -0.15) is 0 Å². The zero-order valence-electron chi connectivity index (χ0n) is 10.7. The summed E-state index contributed by atoms with van der Waals surface area (Å²) >= 11 is 0. The molecule has 0 aromatic heterocycles. The van der Waals surface area contributed by atoms with Crippen LogP contribution in [0.2, 0.25) is 0 Å². The van der Waals surface area contributed by atoms with Crippen molar-refractivity contribution >= 4 is 5.69 Å². The molecule has 0 bridgehead atoms. The van der Waals surface area contributed by atoms with E-state index in [9.17, 15) is 13.9 Å². The van der Waals surface area contributed by atoms with Crippen LogP contribution in [0.1, 0.15) is 24.1 Å². The van der Waals surface area contributed by atoms with Gasteiger partial charge in [-0.15, -0.1) is 0 Å². The number of aryl methyl sites for hydroxylation is 1. The Balaban J connectivity index is 2.25. The van der Waals surface area contributed by atoms with Crippen LogP contribution in [-0.4, -0.2) is 5.11 Å². The second kappa shape index (κ2) is 5.26. The van der Waals surface area contributed by atoms with Crippen molar-refractivity contribution in [1.29, 1.82) is 0 Å². The van der Waals surface area contributed by atoms with Gasteiger partial charge in [0.1, 0.15) is 17.4 Å². The number of halogens is 2. The molecule has 0 aliphatic rings. The first-order valence-electron chi connectivity index (χ1n) is 5.98. The number of hydrogen-bond acceptors (Lipinski definition) is 2. The number of phenolic OH excluding ortho intramolecular Hbond substituents is 1. The Morgan fingerprint density at radius 1 is 1.05 bits per heavy atom. The molecule has 1 unspecified atom stereocenters. The van der Waals surface area contributed by atoms with Gasteiger partial charge in [-0.25, -0.2) is 8.78 Å². The van der Waals surface area contributed by atoms with Gasteiger partial charge in [-0.3, -0.25) is 0 Å². The van der Waals surface area contributed by atoms with E-state index < -0.39 is 11.6 Å². The number of aromatic hydroxyl groups is 1. The molecule has 19 heavy (non-hydrogen) atoms. The van der Waals surface area contributed by atoms with E-state index in [0.717, 1.165) is 11.6 Å². The standard InChI is InChI=1S/C15H15F2NO/c1-9-3-4-15(19)14(5-9)10(2)18-13-7-11(16)6-12(17)8-13/h3-8,10,18-19H,1-2H3. The molecule has 0 spiro atoms. The highest BCUT2D eigenvalue weighted by Crippen LogP contribution is 2.28. The molecular formula is C15H15F2NO. The summed E-state index contributed by atoms with van der Waals surface area (Å²) in [4.78, 5) is 0. The molecule has 0 saturated heterocycles. The summed E-state index contributed by atoms with van der Waals surface area (Å²) in [5.74, 6) is -1.12. The SMILES string of the molecule is Cc1ccc(O)c(C(C)Nc2cc(F)cc(F)c2)c1. The Morgan fingerprint density at radius 2 is 1.68 bits per heavy atom. The van der Waals surface area contributed by atoms with E-state index in [1.165, 1.54) is 12.1 Å². The molecule has 0 radical (unpaired) electrons. The first-order valence-corrected chi connectivity index (χ1v) is 5.98. The second-order valence-corrected chi connectivity index (χ2v) is 4.59. The summed E-state index contributed by atoms with van der Waals surface area (Å²) in [7, 11) is 0. The molecule has 1 atom stereocenters. The van der Waals surface area contributed by atoms with E-state index >= 15 is 0 Å². The van der Waals surface area contributed by atoms with E-state index in [-0.39, 0.29) is 11.8 Å². The van der Waals surface area contributed by atoms with E-state index in [1.807, 2.05) is 19.9 Å². The molecule has 0 aliphatic heterocycles. The predicted molar refractivity (Wildman–Crippen MR) is 71.2 cm³/mol. The largest absolute Gasteiger partial charge is 0.508 e. The molecule has 2 aromatic rings. The molecule has 4 heteroatoms. The summed E-state index contributed by atoms with van der Waals surface area (Å²) in [5.41, 5.74) is 2.03. The monoisotopic (exact) mass is 263 g/mol. The minimum Gasteiger partial charge on any atom is -0.508 e. The average molecular weight is 263 g/mol. The highest BCUT2D eigenvalue weighted by atomic mass is 19.1. The third-order valence-electron chi connectivity index (χ3n) is 2.90. The lowest BCUT2D eigenvalue weighted by molar-refractivity contribution is 0.465. The number of benzene rings is 2. The van der Waals surface area contributed by atoms with Crippen LogP contribution < -0.4 is 5.32 Å². The Bertz CT molecular complexity index is 578. The third-order valence-corrected chi connectivity index (χ3v) is 2.90. The maximum absolute atomic E-state index is 13.1. The third kappa shape index (κ3) is 3.22. The van der Waals surface area contributed by atoms with Gasteiger partial charge in [0.05, 0.1) is 6.04 Å². The maximum atomic E-state index is 13.1. The van der Waals surface area contributed by atoms with Gasteiger partial charge in [-0.05, 0) is 32.0 Å². The van der Waals surface area contributed by atoms with Crippen LogP contribution in [0.25, 0.3) is 0 Å². The van der Waals surface area contributed by atoms with Crippen molar-refractivity contribution in [2.24, 2.45) is 0 Å². The van der Waals surface area contributed by atoms with Gasteiger partial charge in [0, 0.05) is 17.3 Å². The molecular weight excluding hydrogens is 248 g/mol. The van der Waals surface area contributed by atoms with Crippen molar-refractivity contribution in [3.8, 4) is 5.75 Å². The zero-order chi connectivity index (χ0) is 14.0. The molecule has 0 fully saturated rings. The minimum absolute atomic E-state index is 0.155. The summed E-state index contributed by atoms with van der Waals surface area (Å²) in [6, 6.07) is 8.23. The minimum atomic E-state index is -0.636. The number of hydrogen-bond donors (Lipinski definition) is 2. The van der Waals surface area contributed by atoms with Crippen molar-refractivity contribution < 1.29 is 13.9 Å². The fourth-order valence-electron chi connectivity index (χ4n) is 1.99. The van der Waals surface area contributed by atoms with Crippen LogP contribution >= 0.6 is 0 Å². The fourth-order valence-corrected chi connectivity index (χ4v) is 1.99. The van der Waals surface area contributed by atoms with Crippen molar-refractivity contribution in [2.45, 2.75) is 19.9 Å². The summed E-state index contributed by atoms with van der Waals surface area (Å²) in [6.45, 7) is 3.73. The number of rotatable bonds is 3. The first-order chi connectivity index (χ1) is 8.95. The van der Waals surface area contributed by atoms with Gasteiger partial charge in [0.25, 0.3) is 0 Å². The molecule has 2 rings (SSSR count). The highest BCUT2D eigenvalue weighted by Gasteiger charge is 2.11. The van der Waals surface area contributed by atoms with E-state index in [4.69, 9.17) is 0 Å². The predicted octanol–water partition coefficient (Wildman–Crippen LogP) is 4.15. The Kier molecular flexibility index (Phi) is 3.69. The average Bonchev–Trinajstić information content (AvgIpc) is 2.30. The normalized spacial score (nSPS) is 12.2.